The van der Waals surface area contributed by atoms with E-state index in [1.165, 1.54) is 135 Å². The second kappa shape index (κ2) is 70.9. The molecule has 0 aliphatic heterocycles. The van der Waals surface area contributed by atoms with Crippen LogP contribution >= 0.6 is 7.82 Å². The largest absolute Gasteiger partial charge is 0.472 e. The van der Waals surface area contributed by atoms with Crippen molar-refractivity contribution in [1.29, 1.82) is 0 Å². The monoisotopic (exact) mass is 1300 g/mol. The van der Waals surface area contributed by atoms with E-state index in [4.69, 9.17) is 18.5 Å². The van der Waals surface area contributed by atoms with Gasteiger partial charge in [-0.2, -0.15) is 0 Å². The highest BCUT2D eigenvalue weighted by Crippen LogP contribution is 2.43. The van der Waals surface area contributed by atoms with Gasteiger partial charge in [0, 0.05) is 12.8 Å². The van der Waals surface area contributed by atoms with Gasteiger partial charge in [-0.3, -0.25) is 18.6 Å². The molecule has 10 heteroatoms. The Kier molecular flexibility index (Phi) is 67.6. The Bertz CT molecular complexity index is 2110. The summed E-state index contributed by atoms with van der Waals surface area (Å²) in [6.45, 7) is 4.21. The minimum atomic E-state index is -4.41. The molecule has 0 rings (SSSR count). The molecule has 92 heavy (non-hydrogen) atoms. The molecule has 9 nitrogen and oxygen atoms in total. The maximum Gasteiger partial charge on any atom is 0.472 e. The molecule has 0 aromatic carbocycles. The maximum absolute atomic E-state index is 12.9. The van der Waals surface area contributed by atoms with Crippen LogP contribution < -0.4 is 0 Å². The van der Waals surface area contributed by atoms with Crippen molar-refractivity contribution >= 4 is 19.8 Å². The second-order valence-electron chi connectivity index (χ2n) is 25.6. The van der Waals surface area contributed by atoms with E-state index in [0.29, 0.717) is 17.4 Å². The normalized spacial score (nSPS) is 14.0. The van der Waals surface area contributed by atoms with Gasteiger partial charge in [-0.15, -0.1) is 0 Å². The summed E-state index contributed by atoms with van der Waals surface area (Å²) < 4.78 is 34.8. The Morgan fingerprint density at radius 1 is 0.337 bits per heavy atom. The third kappa shape index (κ3) is 74.7. The van der Waals surface area contributed by atoms with E-state index in [1.807, 2.05) is 21.1 Å². The second-order valence-corrected chi connectivity index (χ2v) is 27.0. The van der Waals surface area contributed by atoms with Gasteiger partial charge in [0.05, 0.1) is 27.7 Å². The van der Waals surface area contributed by atoms with Crippen molar-refractivity contribution in [3.05, 3.63) is 158 Å². The number of hydrogen-bond acceptors (Lipinski definition) is 7. The standard InChI is InChI=1S/C82H138NO8P/c1-6-8-10-12-14-16-18-20-22-24-26-28-30-32-34-36-38-40-41-43-44-46-48-50-52-54-56-58-60-62-64-66-68-70-72-74-81(84)88-78-80(79-90-92(86,87)89-77-76-83(3,4)5)91-82(85)75-73-71-69-67-65-63-61-59-57-55-53-51-49-47-45-42-39-37-35-33-31-29-27-25-23-21-19-17-15-13-11-9-7-2/h8-11,14-17,20-23,26-29,32-35,39,42,47,49,53,55,80H,6-7,12-13,18-19,24-25,30-31,36-38,40-41,43-46,48,50-52,54,56-79H2,1-5H3/p+1/b10-8-,11-9-,16-14-,17-15-,22-20-,23-21-,28-26-,29-27-,34-32-,35-33-,42-39-,49-47-,55-53-. The summed E-state index contributed by atoms with van der Waals surface area (Å²) in [5.41, 5.74) is 0. The quantitative estimate of drug-likeness (QED) is 0.0211. The van der Waals surface area contributed by atoms with E-state index >= 15 is 0 Å². The first kappa shape index (κ1) is 87.6. The third-order valence-corrected chi connectivity index (χ3v) is 16.5. The average Bonchev–Trinajstić information content (AvgIpc) is 2.23. The minimum absolute atomic E-state index is 0.0236. The minimum Gasteiger partial charge on any atom is -0.462 e. The summed E-state index contributed by atoms with van der Waals surface area (Å²) in [4.78, 5) is 35.9. The van der Waals surface area contributed by atoms with Gasteiger partial charge in [0.2, 0.25) is 0 Å². The number of esters is 2. The highest BCUT2D eigenvalue weighted by molar-refractivity contribution is 7.47. The fourth-order valence-electron chi connectivity index (χ4n) is 9.94. The molecule has 0 heterocycles. The lowest BCUT2D eigenvalue weighted by atomic mass is 10.0. The van der Waals surface area contributed by atoms with E-state index in [0.717, 1.165) is 128 Å². The molecule has 0 saturated carbocycles. The highest BCUT2D eigenvalue weighted by Gasteiger charge is 2.27. The molecule has 524 valence electrons. The van der Waals surface area contributed by atoms with Gasteiger partial charge >= 0.3 is 19.8 Å². The van der Waals surface area contributed by atoms with Gasteiger partial charge in [-0.05, 0) is 122 Å². The lowest BCUT2D eigenvalue weighted by Crippen LogP contribution is -2.37. The summed E-state index contributed by atoms with van der Waals surface area (Å²) >= 11 is 0. The van der Waals surface area contributed by atoms with E-state index in [-0.39, 0.29) is 32.0 Å². The Morgan fingerprint density at radius 2 is 0.587 bits per heavy atom. The van der Waals surface area contributed by atoms with Crippen LogP contribution in [0.2, 0.25) is 0 Å². The van der Waals surface area contributed by atoms with Gasteiger partial charge < -0.3 is 18.9 Å². The van der Waals surface area contributed by atoms with Crippen LogP contribution in [-0.4, -0.2) is 74.9 Å². The van der Waals surface area contributed by atoms with Gasteiger partial charge in [-0.25, -0.2) is 4.57 Å². The Hall–Kier alpha value is -4.37. The fourth-order valence-corrected chi connectivity index (χ4v) is 10.7. The summed E-state index contributed by atoms with van der Waals surface area (Å²) in [7, 11) is 1.46. The molecule has 0 radical (unpaired) electrons. The van der Waals surface area contributed by atoms with Crippen LogP contribution in [0.4, 0.5) is 0 Å². The summed E-state index contributed by atoms with van der Waals surface area (Å²) in [6, 6.07) is 0. The number of phosphoric acid groups is 1. The van der Waals surface area contributed by atoms with Gasteiger partial charge in [-0.1, -0.05) is 320 Å². The first-order valence-electron chi connectivity index (χ1n) is 37.2. The molecule has 0 aliphatic carbocycles. The summed E-state index contributed by atoms with van der Waals surface area (Å²) in [5, 5.41) is 0. The van der Waals surface area contributed by atoms with Crippen molar-refractivity contribution < 1.29 is 42.1 Å². The lowest BCUT2D eigenvalue weighted by Gasteiger charge is -2.24. The van der Waals surface area contributed by atoms with Gasteiger partial charge in [0.15, 0.2) is 6.10 Å². The van der Waals surface area contributed by atoms with E-state index in [9.17, 15) is 19.0 Å². The SMILES string of the molecule is CC/C=C\C/C=C\C/C=C\C/C=C\C/C=C\C/C=C\C/C=C\C/C=C\CCCCCCCCCCC(=O)OC(COC(=O)CCCCCCCCCCCCCCCCCCCCC/C=C\C/C=C\C/C=C\C/C=C\C/C=C\CC)COP(=O)(O)OCC[N+](C)(C)C. The van der Waals surface area contributed by atoms with Crippen LogP contribution in [0.1, 0.15) is 296 Å². The zero-order valence-electron chi connectivity index (χ0n) is 59.7. The van der Waals surface area contributed by atoms with Crippen LogP contribution in [-0.2, 0) is 32.7 Å². The number of carbonyl (C=O) groups excluding carboxylic acids is 2. The van der Waals surface area contributed by atoms with Crippen LogP contribution in [0.3, 0.4) is 0 Å². The molecule has 2 unspecified atom stereocenters. The van der Waals surface area contributed by atoms with Crippen molar-refractivity contribution in [1.82, 2.24) is 0 Å². The third-order valence-electron chi connectivity index (χ3n) is 15.6. The molecule has 0 aliphatic rings. The number of unbranched alkanes of at least 4 members (excludes halogenated alkanes) is 27. The van der Waals surface area contributed by atoms with E-state index < -0.39 is 26.5 Å². The van der Waals surface area contributed by atoms with Crippen molar-refractivity contribution in [3.8, 4) is 0 Å². The Labute approximate surface area is 566 Å². The highest BCUT2D eigenvalue weighted by atomic mass is 31.2. The van der Waals surface area contributed by atoms with Gasteiger partial charge in [0.25, 0.3) is 0 Å². The molecule has 0 aromatic heterocycles. The maximum atomic E-state index is 12.9. The topological polar surface area (TPSA) is 108 Å². The first-order chi connectivity index (χ1) is 45.0. The number of quaternary nitrogens is 1. The number of phosphoric ester groups is 1. The molecule has 0 saturated heterocycles. The zero-order valence-corrected chi connectivity index (χ0v) is 60.6. The molecule has 0 bridgehead atoms. The average molecular weight is 1300 g/mol. The Balaban J connectivity index is 4.06. The van der Waals surface area contributed by atoms with Crippen LogP contribution in [0.5, 0.6) is 0 Å². The number of ether oxygens (including phenoxy) is 2. The van der Waals surface area contributed by atoms with Gasteiger partial charge in [0.1, 0.15) is 19.8 Å². The lowest BCUT2D eigenvalue weighted by molar-refractivity contribution is -0.870. The van der Waals surface area contributed by atoms with Crippen LogP contribution in [0, 0.1) is 0 Å². The predicted octanol–water partition coefficient (Wildman–Crippen LogP) is 24.7. The molecule has 0 aromatic rings. The van der Waals surface area contributed by atoms with Crippen LogP contribution in [0.25, 0.3) is 0 Å². The van der Waals surface area contributed by atoms with Crippen molar-refractivity contribution in [2.75, 3.05) is 47.5 Å². The number of hydrogen-bond donors (Lipinski definition) is 1. The Morgan fingerprint density at radius 3 is 0.870 bits per heavy atom. The van der Waals surface area contributed by atoms with Crippen molar-refractivity contribution in [2.24, 2.45) is 0 Å². The van der Waals surface area contributed by atoms with E-state index in [2.05, 4.69) is 172 Å². The number of rotatable bonds is 67. The molecule has 1 N–H and O–H groups in total. The molecule has 2 atom stereocenters. The smallest absolute Gasteiger partial charge is 0.462 e. The number of carbonyl (C=O) groups is 2. The van der Waals surface area contributed by atoms with E-state index in [1.54, 1.807) is 0 Å². The molecule has 0 spiro atoms. The summed E-state index contributed by atoms with van der Waals surface area (Å²) in [5.74, 6) is -0.807. The summed E-state index contributed by atoms with van der Waals surface area (Å²) in [6.07, 6.45) is 106. The number of allylic oxidation sites excluding steroid dienone is 26. The fraction of sp³-hybridized carbons (Fsp3) is 0.659. The molecular formula is C82H139NO8P+. The first-order valence-corrected chi connectivity index (χ1v) is 38.7. The van der Waals surface area contributed by atoms with Crippen LogP contribution in [0.15, 0.2) is 158 Å². The molecule has 0 amide bonds. The number of nitrogens with zero attached hydrogens (tertiary/aromatic N) is 1. The molecular weight excluding hydrogens is 1160 g/mol. The molecule has 0 fully saturated rings. The van der Waals surface area contributed by atoms with Crippen molar-refractivity contribution in [2.45, 2.75) is 302 Å². The number of likely N-dealkylation sites (N-methyl/N-ethyl adjacent to an activating group) is 1. The van der Waals surface area contributed by atoms with Crippen molar-refractivity contribution in [3.63, 3.8) is 0 Å². The zero-order chi connectivity index (χ0) is 66.9. The predicted molar refractivity (Wildman–Crippen MR) is 399 cm³/mol.